The Kier molecular flexibility index (Phi) is 1.91. The molecule has 0 saturated heterocycles. The van der Waals surface area contributed by atoms with Gasteiger partial charge in [-0.2, -0.15) is 0 Å². The van der Waals surface area contributed by atoms with Crippen LogP contribution >= 0.6 is 0 Å². The maximum atomic E-state index is 3.90. The number of hydrogen-bond acceptors (Lipinski definition) is 1. The van der Waals surface area contributed by atoms with Crippen LogP contribution in [0.4, 0.5) is 0 Å². The van der Waals surface area contributed by atoms with Gasteiger partial charge >= 0.3 is 0 Å². The molecule has 7 heavy (non-hydrogen) atoms. The maximum Gasteiger partial charge on any atom is 0.115 e. The molecule has 1 aliphatic rings. The van der Waals surface area contributed by atoms with E-state index in [1.807, 2.05) is 6.21 Å². The molecular formula is C6H9N. The molecule has 1 aliphatic heterocycles. The summed E-state index contributed by atoms with van der Waals surface area (Å²) >= 11 is 0. The zero-order valence-electron chi connectivity index (χ0n) is 4.35. The molecule has 0 aliphatic carbocycles. The molecule has 0 amide bonds. The van der Waals surface area contributed by atoms with E-state index in [1.165, 1.54) is 12.8 Å². The fourth-order valence-corrected chi connectivity index (χ4v) is 0.633. The van der Waals surface area contributed by atoms with Gasteiger partial charge in [-0.05, 0) is 25.5 Å². The van der Waals surface area contributed by atoms with E-state index in [0.29, 0.717) is 0 Å². The minimum atomic E-state index is 1.05. The molecule has 1 heteroatoms. The van der Waals surface area contributed by atoms with Gasteiger partial charge in [-0.1, -0.05) is 6.42 Å². The fraction of sp³-hybridized carbons (Fsp3) is 0.667. The predicted molar refractivity (Wildman–Crippen MR) is 30.2 cm³/mol. The molecule has 2 radical (unpaired) electrons. The number of rotatable bonds is 0. The average molecular weight is 95.1 g/mol. The van der Waals surface area contributed by atoms with Gasteiger partial charge in [0.25, 0.3) is 0 Å². The second-order valence-corrected chi connectivity index (χ2v) is 1.72. The van der Waals surface area contributed by atoms with Crippen LogP contribution in [0, 0.1) is 6.54 Å². The van der Waals surface area contributed by atoms with Crippen molar-refractivity contribution in [3.8, 4) is 0 Å². The summed E-state index contributed by atoms with van der Waals surface area (Å²) in [6.45, 7) is 2.92. The molecule has 0 saturated carbocycles. The van der Waals surface area contributed by atoms with Gasteiger partial charge in [-0.15, -0.1) is 0 Å². The van der Waals surface area contributed by atoms with Crippen molar-refractivity contribution in [2.75, 3.05) is 0 Å². The van der Waals surface area contributed by atoms with Gasteiger partial charge in [0, 0.05) is 0 Å². The highest BCUT2D eigenvalue weighted by molar-refractivity contribution is 5.57. The third-order valence-electron chi connectivity index (χ3n) is 1.05. The lowest BCUT2D eigenvalue weighted by Gasteiger charge is -1.84. The highest BCUT2D eigenvalue weighted by Crippen LogP contribution is 2.04. The third-order valence-corrected chi connectivity index (χ3v) is 1.05. The van der Waals surface area contributed by atoms with Crippen molar-refractivity contribution in [3.05, 3.63) is 6.54 Å². The Balaban J connectivity index is 2.20. The normalized spacial score (nSPS) is 21.7. The summed E-state index contributed by atoms with van der Waals surface area (Å²) in [5, 5.41) is 0. The summed E-state index contributed by atoms with van der Waals surface area (Å²) < 4.78 is 0. The fourth-order valence-electron chi connectivity index (χ4n) is 0.633. The van der Waals surface area contributed by atoms with Crippen molar-refractivity contribution >= 4 is 6.21 Å². The number of hydrogen-bond donors (Lipinski definition) is 0. The van der Waals surface area contributed by atoms with E-state index in [0.717, 1.165) is 12.8 Å². The summed E-state index contributed by atoms with van der Waals surface area (Å²) in [5.41, 5.74) is 0. The van der Waals surface area contributed by atoms with Crippen LogP contribution in [0.15, 0.2) is 4.99 Å². The minimum Gasteiger partial charge on any atom is -0.286 e. The zero-order valence-corrected chi connectivity index (χ0v) is 4.35. The van der Waals surface area contributed by atoms with E-state index >= 15 is 0 Å². The van der Waals surface area contributed by atoms with Crippen LogP contribution in [0.2, 0.25) is 0 Å². The summed E-state index contributed by atoms with van der Waals surface area (Å²) in [5.74, 6) is 0. The standard InChI is InChI=1S/C6H9N/c1-2-4-6-7-5-3-1/h5H,1-4H2. The van der Waals surface area contributed by atoms with E-state index in [2.05, 4.69) is 11.5 Å². The molecule has 0 aromatic carbocycles. The molecule has 0 N–H and O–H groups in total. The molecule has 1 heterocycles. The van der Waals surface area contributed by atoms with Crippen LogP contribution in [0.5, 0.6) is 0 Å². The Morgan fingerprint density at radius 1 is 1.43 bits per heavy atom. The van der Waals surface area contributed by atoms with Gasteiger partial charge in [0.15, 0.2) is 0 Å². The van der Waals surface area contributed by atoms with Crippen molar-refractivity contribution in [3.63, 3.8) is 0 Å². The monoisotopic (exact) mass is 95.1 g/mol. The molecule has 0 atom stereocenters. The highest BCUT2D eigenvalue weighted by Gasteiger charge is 1.90. The number of nitrogens with zero attached hydrogens (tertiary/aromatic N) is 1. The van der Waals surface area contributed by atoms with Crippen molar-refractivity contribution < 1.29 is 0 Å². The second-order valence-electron chi connectivity index (χ2n) is 1.72. The molecule has 0 fully saturated rings. The molecule has 0 unspecified atom stereocenters. The van der Waals surface area contributed by atoms with Crippen LogP contribution in [0.1, 0.15) is 25.7 Å². The van der Waals surface area contributed by atoms with Crippen molar-refractivity contribution in [1.82, 2.24) is 0 Å². The first-order valence-electron chi connectivity index (χ1n) is 2.74. The first kappa shape index (κ1) is 4.82. The van der Waals surface area contributed by atoms with Crippen molar-refractivity contribution in [2.45, 2.75) is 25.7 Å². The summed E-state index contributed by atoms with van der Waals surface area (Å²) in [6.07, 6.45) is 6.69. The Morgan fingerprint density at radius 3 is 3.43 bits per heavy atom. The van der Waals surface area contributed by atoms with Gasteiger partial charge in [-0.25, -0.2) is 0 Å². The first-order valence-corrected chi connectivity index (χ1v) is 2.74. The Morgan fingerprint density at radius 2 is 2.43 bits per heavy atom. The average Bonchev–Trinajstić information content (AvgIpc) is 1.90. The Bertz CT molecular complexity index is 58.6. The molecule has 1 rings (SSSR count). The Labute approximate surface area is 44.5 Å². The van der Waals surface area contributed by atoms with Crippen LogP contribution in [0.3, 0.4) is 0 Å². The van der Waals surface area contributed by atoms with Gasteiger partial charge in [0.2, 0.25) is 0 Å². The molecule has 1 nitrogen and oxygen atoms in total. The van der Waals surface area contributed by atoms with Gasteiger partial charge in [0.05, 0.1) is 0 Å². The van der Waals surface area contributed by atoms with Gasteiger partial charge < -0.3 is 0 Å². The summed E-state index contributed by atoms with van der Waals surface area (Å²) in [4.78, 5) is 3.90. The Hall–Kier alpha value is -0.330. The molecular weight excluding hydrogens is 86.1 g/mol. The topological polar surface area (TPSA) is 12.4 Å². The summed E-state index contributed by atoms with van der Waals surface area (Å²) in [6, 6.07) is 0. The van der Waals surface area contributed by atoms with Crippen molar-refractivity contribution in [2.24, 2.45) is 4.99 Å². The van der Waals surface area contributed by atoms with Crippen LogP contribution in [0.25, 0.3) is 0 Å². The van der Waals surface area contributed by atoms with E-state index in [1.54, 1.807) is 0 Å². The molecule has 38 valence electrons. The summed E-state index contributed by atoms with van der Waals surface area (Å²) in [7, 11) is 0. The quantitative estimate of drug-likeness (QED) is 0.434. The minimum absolute atomic E-state index is 1.05. The molecule has 0 aromatic heterocycles. The predicted octanol–water partition coefficient (Wildman–Crippen LogP) is 1.67. The third kappa shape index (κ3) is 1.72. The lowest BCUT2D eigenvalue weighted by molar-refractivity contribution is 0.771. The van der Waals surface area contributed by atoms with Gasteiger partial charge in [0.1, 0.15) is 6.54 Å². The zero-order chi connectivity index (χ0) is 4.95. The van der Waals surface area contributed by atoms with Crippen molar-refractivity contribution in [1.29, 1.82) is 0 Å². The maximum absolute atomic E-state index is 3.90. The van der Waals surface area contributed by atoms with E-state index in [4.69, 9.17) is 0 Å². The molecule has 0 bridgehead atoms. The van der Waals surface area contributed by atoms with E-state index < -0.39 is 0 Å². The highest BCUT2D eigenvalue weighted by atomic mass is 14.7. The van der Waals surface area contributed by atoms with E-state index in [-0.39, 0.29) is 0 Å². The largest absolute Gasteiger partial charge is 0.286 e. The number of aliphatic imine (C=N–C) groups is 1. The molecule has 0 spiro atoms. The lowest BCUT2D eigenvalue weighted by atomic mass is 10.2. The molecule has 0 aromatic rings. The smallest absolute Gasteiger partial charge is 0.115 e. The SMILES string of the molecule is [C]1CCCCC=N1. The van der Waals surface area contributed by atoms with Crippen LogP contribution in [-0.4, -0.2) is 6.21 Å². The first-order chi connectivity index (χ1) is 3.50. The van der Waals surface area contributed by atoms with Crippen LogP contribution in [-0.2, 0) is 0 Å². The van der Waals surface area contributed by atoms with Crippen LogP contribution < -0.4 is 0 Å². The second kappa shape index (κ2) is 2.78. The van der Waals surface area contributed by atoms with Gasteiger partial charge in [-0.3, -0.25) is 4.99 Å². The van der Waals surface area contributed by atoms with E-state index in [9.17, 15) is 0 Å². The lowest BCUT2D eigenvalue weighted by Crippen LogP contribution is -1.69.